The lowest BCUT2D eigenvalue weighted by Gasteiger charge is -2.07. The molecule has 0 aliphatic rings. The van der Waals surface area contributed by atoms with Gasteiger partial charge in [-0.1, -0.05) is 6.92 Å². The van der Waals surface area contributed by atoms with Gasteiger partial charge < -0.3 is 10.6 Å². The second-order valence-corrected chi connectivity index (χ2v) is 4.68. The summed E-state index contributed by atoms with van der Waals surface area (Å²) in [4.78, 5) is 16.2. The number of nitrogens with zero attached hydrogens (tertiary/aromatic N) is 1. The summed E-state index contributed by atoms with van der Waals surface area (Å²) in [6.45, 7) is 5.01. The molecule has 0 aliphatic carbocycles. The Hall–Kier alpha value is -2.36. The van der Waals surface area contributed by atoms with Crippen molar-refractivity contribution in [2.75, 3.05) is 17.2 Å². The van der Waals surface area contributed by atoms with E-state index >= 15 is 0 Å². The summed E-state index contributed by atoms with van der Waals surface area (Å²) in [7, 11) is 0. The minimum absolute atomic E-state index is 0.148. The lowest BCUT2D eigenvalue weighted by molar-refractivity contribution is 0.102. The maximum atomic E-state index is 12.1. The van der Waals surface area contributed by atoms with Crippen molar-refractivity contribution in [2.45, 2.75) is 20.3 Å². The van der Waals surface area contributed by atoms with Crippen LogP contribution >= 0.6 is 0 Å². The average Bonchev–Trinajstić information content (AvgIpc) is 2.45. The van der Waals surface area contributed by atoms with Gasteiger partial charge in [0.05, 0.1) is 0 Å². The van der Waals surface area contributed by atoms with Crippen LogP contribution in [0.3, 0.4) is 0 Å². The summed E-state index contributed by atoms with van der Waals surface area (Å²) in [5, 5.41) is 6.06. The molecule has 1 aromatic heterocycles. The molecule has 0 radical (unpaired) electrons. The molecule has 1 heterocycles. The van der Waals surface area contributed by atoms with E-state index < -0.39 is 0 Å². The van der Waals surface area contributed by atoms with E-state index in [9.17, 15) is 4.79 Å². The molecular weight excluding hydrogens is 250 g/mol. The van der Waals surface area contributed by atoms with Gasteiger partial charge in [0, 0.05) is 24.0 Å². The molecular formula is C16H19N3O. The van der Waals surface area contributed by atoms with Crippen molar-refractivity contribution in [1.82, 2.24) is 4.98 Å². The second-order valence-electron chi connectivity index (χ2n) is 4.68. The minimum Gasteiger partial charge on any atom is -0.385 e. The van der Waals surface area contributed by atoms with E-state index in [0.717, 1.165) is 24.2 Å². The van der Waals surface area contributed by atoms with Gasteiger partial charge in [-0.3, -0.25) is 4.79 Å². The maximum absolute atomic E-state index is 12.1. The minimum atomic E-state index is -0.148. The van der Waals surface area contributed by atoms with Crippen LogP contribution in [0.25, 0.3) is 0 Å². The largest absolute Gasteiger partial charge is 0.385 e. The number of pyridine rings is 1. The number of carbonyl (C=O) groups is 1. The number of carbonyl (C=O) groups excluding carboxylic acids is 1. The van der Waals surface area contributed by atoms with Gasteiger partial charge in [-0.25, -0.2) is 4.98 Å². The molecule has 104 valence electrons. The smallest absolute Gasteiger partial charge is 0.256 e. The van der Waals surface area contributed by atoms with E-state index in [2.05, 4.69) is 22.5 Å². The molecule has 1 aromatic carbocycles. The predicted molar refractivity (Wildman–Crippen MR) is 82.1 cm³/mol. The van der Waals surface area contributed by atoms with E-state index in [0.29, 0.717) is 11.4 Å². The molecule has 20 heavy (non-hydrogen) atoms. The number of hydrogen-bond acceptors (Lipinski definition) is 3. The Morgan fingerprint density at radius 2 is 1.95 bits per heavy atom. The average molecular weight is 269 g/mol. The Morgan fingerprint density at radius 1 is 1.20 bits per heavy atom. The lowest BCUT2D eigenvalue weighted by atomic mass is 10.2. The highest BCUT2D eigenvalue weighted by molar-refractivity contribution is 6.03. The quantitative estimate of drug-likeness (QED) is 0.874. The van der Waals surface area contributed by atoms with Crippen molar-refractivity contribution < 1.29 is 4.79 Å². The van der Waals surface area contributed by atoms with Crippen LogP contribution in [0, 0.1) is 6.92 Å². The highest BCUT2D eigenvalue weighted by Gasteiger charge is 2.06. The lowest BCUT2D eigenvalue weighted by Crippen LogP contribution is -2.13. The zero-order valence-corrected chi connectivity index (χ0v) is 11.8. The van der Waals surface area contributed by atoms with Crippen LogP contribution in [-0.2, 0) is 0 Å². The molecule has 2 N–H and O–H groups in total. The molecule has 0 spiro atoms. The van der Waals surface area contributed by atoms with E-state index in [1.54, 1.807) is 6.20 Å². The number of aryl methyl sites for hydroxylation is 1. The number of aromatic nitrogens is 1. The van der Waals surface area contributed by atoms with Gasteiger partial charge in [0.15, 0.2) is 0 Å². The van der Waals surface area contributed by atoms with Gasteiger partial charge >= 0.3 is 0 Å². The predicted octanol–water partition coefficient (Wildman–Crippen LogP) is 3.46. The summed E-state index contributed by atoms with van der Waals surface area (Å²) in [5.74, 6) is 0.424. The molecule has 0 fully saturated rings. The summed E-state index contributed by atoms with van der Waals surface area (Å²) in [5.41, 5.74) is 2.71. The van der Waals surface area contributed by atoms with E-state index in [1.807, 2.05) is 43.3 Å². The molecule has 1 amide bonds. The van der Waals surface area contributed by atoms with Gasteiger partial charge in [0.2, 0.25) is 0 Å². The third-order valence-electron chi connectivity index (χ3n) is 2.88. The highest BCUT2D eigenvalue weighted by atomic mass is 16.1. The van der Waals surface area contributed by atoms with Gasteiger partial charge in [-0.2, -0.15) is 0 Å². The van der Waals surface area contributed by atoms with Crippen LogP contribution in [0.5, 0.6) is 0 Å². The number of rotatable bonds is 5. The Labute approximate surface area is 119 Å². The first-order valence-corrected chi connectivity index (χ1v) is 6.77. The zero-order valence-electron chi connectivity index (χ0n) is 11.8. The zero-order chi connectivity index (χ0) is 14.4. The number of benzene rings is 1. The molecule has 4 nitrogen and oxygen atoms in total. The van der Waals surface area contributed by atoms with Crippen LogP contribution in [-0.4, -0.2) is 17.4 Å². The fraction of sp³-hybridized carbons (Fsp3) is 0.250. The molecule has 0 saturated heterocycles. The normalized spacial score (nSPS) is 10.1. The van der Waals surface area contributed by atoms with Crippen molar-refractivity contribution in [1.29, 1.82) is 0 Å². The summed E-state index contributed by atoms with van der Waals surface area (Å²) >= 11 is 0. The molecule has 0 atom stereocenters. The Balaban J connectivity index is 2.02. The monoisotopic (exact) mass is 269 g/mol. The SMILES string of the molecule is CCCNc1ccc(C(=O)Nc2cc(C)ccn2)cc1. The fourth-order valence-corrected chi connectivity index (χ4v) is 1.80. The van der Waals surface area contributed by atoms with Gasteiger partial charge in [-0.05, 0) is 55.3 Å². The third kappa shape index (κ3) is 3.82. The van der Waals surface area contributed by atoms with E-state index in [1.165, 1.54) is 0 Å². The number of hydrogen-bond donors (Lipinski definition) is 2. The summed E-state index contributed by atoms with van der Waals surface area (Å²) in [6.07, 6.45) is 2.75. The van der Waals surface area contributed by atoms with Crippen molar-refractivity contribution in [3.05, 3.63) is 53.7 Å². The van der Waals surface area contributed by atoms with Crippen molar-refractivity contribution in [3.8, 4) is 0 Å². The Bertz CT molecular complexity index is 579. The molecule has 0 unspecified atom stereocenters. The van der Waals surface area contributed by atoms with Gasteiger partial charge in [0.1, 0.15) is 5.82 Å². The van der Waals surface area contributed by atoms with Crippen LogP contribution in [0.2, 0.25) is 0 Å². The van der Waals surface area contributed by atoms with Crippen LogP contribution in [0.15, 0.2) is 42.6 Å². The molecule has 2 rings (SSSR count). The fourth-order valence-electron chi connectivity index (χ4n) is 1.80. The molecule has 0 bridgehead atoms. The third-order valence-corrected chi connectivity index (χ3v) is 2.88. The van der Waals surface area contributed by atoms with Gasteiger partial charge in [0.25, 0.3) is 5.91 Å². The first kappa shape index (κ1) is 14.1. The van der Waals surface area contributed by atoms with Crippen LogP contribution in [0.4, 0.5) is 11.5 Å². The van der Waals surface area contributed by atoms with E-state index in [-0.39, 0.29) is 5.91 Å². The van der Waals surface area contributed by atoms with Crippen molar-refractivity contribution in [2.24, 2.45) is 0 Å². The van der Waals surface area contributed by atoms with Crippen LogP contribution in [0.1, 0.15) is 29.3 Å². The standard InChI is InChI=1S/C16H19N3O/c1-3-9-17-14-6-4-13(5-7-14)16(20)19-15-11-12(2)8-10-18-15/h4-8,10-11,17H,3,9H2,1-2H3,(H,18,19,20). The van der Waals surface area contributed by atoms with Crippen molar-refractivity contribution >= 4 is 17.4 Å². The second kappa shape index (κ2) is 6.70. The number of amides is 1. The molecule has 0 aliphatic heterocycles. The summed E-state index contributed by atoms with van der Waals surface area (Å²) in [6, 6.07) is 11.2. The van der Waals surface area contributed by atoms with Crippen molar-refractivity contribution in [3.63, 3.8) is 0 Å². The molecule has 4 heteroatoms. The first-order chi connectivity index (χ1) is 9.69. The Kier molecular flexibility index (Phi) is 4.71. The van der Waals surface area contributed by atoms with Crippen LogP contribution < -0.4 is 10.6 Å². The number of nitrogens with one attached hydrogen (secondary N) is 2. The highest BCUT2D eigenvalue weighted by Crippen LogP contribution is 2.12. The Morgan fingerprint density at radius 3 is 2.60 bits per heavy atom. The van der Waals surface area contributed by atoms with E-state index in [4.69, 9.17) is 0 Å². The molecule has 0 saturated carbocycles. The van der Waals surface area contributed by atoms with Gasteiger partial charge in [-0.15, -0.1) is 0 Å². The number of anilines is 2. The molecule has 2 aromatic rings. The summed E-state index contributed by atoms with van der Waals surface area (Å²) < 4.78 is 0. The topological polar surface area (TPSA) is 54.0 Å². The maximum Gasteiger partial charge on any atom is 0.256 e. The first-order valence-electron chi connectivity index (χ1n) is 6.77.